The molecule has 0 saturated heterocycles. The second-order valence-electron chi connectivity index (χ2n) is 9.66. The van der Waals surface area contributed by atoms with E-state index >= 15 is 0 Å². The highest BCUT2D eigenvalue weighted by atomic mass is 32.2. The molecule has 11 nitrogen and oxygen atoms in total. The molecule has 0 saturated carbocycles. The lowest BCUT2D eigenvalue weighted by Gasteiger charge is -2.38. The van der Waals surface area contributed by atoms with Gasteiger partial charge >= 0.3 is 6.18 Å². The monoisotopic (exact) mass is 575 g/mol. The van der Waals surface area contributed by atoms with Gasteiger partial charge in [-0.1, -0.05) is 6.92 Å². The number of amides is 2. The molecule has 3 rings (SSSR count). The molecule has 2 N–H and O–H groups in total. The van der Waals surface area contributed by atoms with E-state index in [9.17, 15) is 36.3 Å². The summed E-state index contributed by atoms with van der Waals surface area (Å²) in [4.78, 5) is 30.8. The number of alkyl halides is 3. The maximum atomic E-state index is 13.5. The van der Waals surface area contributed by atoms with Crippen molar-refractivity contribution in [3.05, 3.63) is 36.3 Å². The highest BCUT2D eigenvalue weighted by Gasteiger charge is 2.36. The van der Waals surface area contributed by atoms with Crippen LogP contribution in [0.5, 0.6) is 5.75 Å². The predicted molar refractivity (Wildman–Crippen MR) is 135 cm³/mol. The molecular formula is C24H32F3N5O6S. The van der Waals surface area contributed by atoms with Crippen LogP contribution >= 0.6 is 0 Å². The van der Waals surface area contributed by atoms with Gasteiger partial charge in [-0.25, -0.2) is 13.4 Å². The van der Waals surface area contributed by atoms with E-state index in [2.05, 4.69) is 10.3 Å². The number of rotatable bonds is 9. The third-order valence-corrected chi connectivity index (χ3v) is 8.09. The Kier molecular flexibility index (Phi) is 9.28. The maximum absolute atomic E-state index is 13.5. The second-order valence-corrected chi connectivity index (χ2v) is 11.7. The first-order valence-corrected chi connectivity index (χ1v) is 13.6. The molecular weight excluding hydrogens is 543 g/mol. The fourth-order valence-electron chi connectivity index (χ4n) is 4.03. The van der Waals surface area contributed by atoms with Gasteiger partial charge in [0.1, 0.15) is 11.9 Å². The lowest BCUT2D eigenvalue weighted by atomic mass is 9.99. The fraction of sp³-hybridized carbons (Fsp3) is 0.542. The number of anilines is 1. The van der Waals surface area contributed by atoms with Gasteiger partial charge in [0.05, 0.1) is 37.5 Å². The average Bonchev–Trinajstić information content (AvgIpc) is 3.31. The Labute approximate surface area is 224 Å². The van der Waals surface area contributed by atoms with E-state index in [0.29, 0.717) is 0 Å². The number of halogens is 3. The van der Waals surface area contributed by atoms with Crippen LogP contribution in [0, 0.1) is 5.92 Å². The van der Waals surface area contributed by atoms with Crippen molar-refractivity contribution in [1.82, 2.24) is 18.8 Å². The number of ether oxygens (including phenoxy) is 1. The molecule has 2 heterocycles. The number of imidazole rings is 1. The van der Waals surface area contributed by atoms with Crippen LogP contribution in [0.25, 0.3) is 0 Å². The smallest absolute Gasteiger partial charge is 0.389 e. The largest absolute Gasteiger partial charge is 0.488 e. The van der Waals surface area contributed by atoms with Gasteiger partial charge in [-0.15, -0.1) is 0 Å². The third-order valence-electron chi connectivity index (χ3n) is 6.38. The van der Waals surface area contributed by atoms with Crippen LogP contribution in [0.1, 0.15) is 37.0 Å². The third kappa shape index (κ3) is 7.48. The SMILES string of the molecule is C[C@@H]1CN([C@@H](C)CO)C(=O)c2cc(NC(=O)CCC(F)(F)F)ccc2O[C@H]1CN(C)S(=O)(=O)c1cn(C)cn1. The number of aromatic nitrogens is 2. The molecule has 3 atom stereocenters. The normalized spacial score (nSPS) is 19.2. The molecule has 1 aliphatic rings. The summed E-state index contributed by atoms with van der Waals surface area (Å²) >= 11 is 0. The summed E-state index contributed by atoms with van der Waals surface area (Å²) in [5.41, 5.74) is 0.102. The number of likely N-dealkylation sites (N-methyl/N-ethyl adjacent to an activating group) is 1. The standard InChI is InChI=1S/C24H32F3N5O6S/c1-15-10-32(16(2)13-33)23(35)18-9-17(29-21(34)7-8-24(25,26)27)5-6-19(18)38-20(15)11-31(4)39(36,37)22-12-30(3)14-28-22/h5-6,9,12,14-16,20,33H,7-8,10-11,13H2,1-4H3,(H,29,34)/t15-,16+,20+/m1/s1. The van der Waals surface area contributed by atoms with Crippen molar-refractivity contribution in [3.63, 3.8) is 0 Å². The number of aliphatic hydroxyl groups is 1. The summed E-state index contributed by atoms with van der Waals surface area (Å²) in [5.74, 6) is -1.67. The van der Waals surface area contributed by atoms with E-state index in [0.717, 1.165) is 4.31 Å². The van der Waals surface area contributed by atoms with Crippen molar-refractivity contribution in [3.8, 4) is 5.75 Å². The number of hydrogen-bond donors (Lipinski definition) is 2. The van der Waals surface area contributed by atoms with Crippen LogP contribution < -0.4 is 10.1 Å². The Hall–Kier alpha value is -3.17. The molecule has 216 valence electrons. The molecule has 39 heavy (non-hydrogen) atoms. The predicted octanol–water partition coefficient (Wildman–Crippen LogP) is 2.24. The zero-order valence-corrected chi connectivity index (χ0v) is 22.8. The van der Waals surface area contributed by atoms with E-state index < -0.39 is 53.0 Å². The number of sulfonamides is 1. The second kappa shape index (κ2) is 11.9. The van der Waals surface area contributed by atoms with Gasteiger partial charge < -0.3 is 24.6 Å². The Bertz CT molecular complexity index is 1300. The molecule has 1 aromatic carbocycles. The number of aliphatic hydroxyl groups excluding tert-OH is 1. The first-order valence-electron chi connectivity index (χ1n) is 12.2. The summed E-state index contributed by atoms with van der Waals surface area (Å²) in [6.07, 6.45) is -4.56. The molecule has 0 radical (unpaired) electrons. The minimum atomic E-state index is -4.49. The van der Waals surface area contributed by atoms with E-state index in [4.69, 9.17) is 4.74 Å². The molecule has 0 fully saturated rings. The highest BCUT2D eigenvalue weighted by Crippen LogP contribution is 2.31. The van der Waals surface area contributed by atoms with Crippen LogP contribution in [0.2, 0.25) is 0 Å². The zero-order chi connectivity index (χ0) is 29.1. The van der Waals surface area contributed by atoms with Crippen LogP contribution in [0.3, 0.4) is 0 Å². The van der Waals surface area contributed by atoms with Gasteiger partial charge in [0.2, 0.25) is 5.91 Å². The minimum absolute atomic E-state index is 0.0102. The lowest BCUT2D eigenvalue weighted by Crippen LogP contribution is -2.50. The van der Waals surface area contributed by atoms with Crippen molar-refractivity contribution in [2.24, 2.45) is 13.0 Å². The van der Waals surface area contributed by atoms with Crippen LogP contribution in [0.4, 0.5) is 18.9 Å². The molecule has 15 heteroatoms. The van der Waals surface area contributed by atoms with E-state index in [-0.39, 0.29) is 47.6 Å². The number of carbonyl (C=O) groups excluding carboxylic acids is 2. The Morgan fingerprint density at radius 2 is 2.05 bits per heavy atom. The van der Waals surface area contributed by atoms with Gasteiger partial charge in [0.15, 0.2) is 5.03 Å². The van der Waals surface area contributed by atoms with Crippen molar-refractivity contribution >= 4 is 27.5 Å². The van der Waals surface area contributed by atoms with Crippen LogP contribution in [0.15, 0.2) is 35.7 Å². The molecule has 1 aromatic heterocycles. The quantitative estimate of drug-likeness (QED) is 0.469. The lowest BCUT2D eigenvalue weighted by molar-refractivity contribution is -0.142. The number of hydrogen-bond acceptors (Lipinski definition) is 7. The summed E-state index contributed by atoms with van der Waals surface area (Å²) in [6.45, 7) is 3.11. The Morgan fingerprint density at radius 3 is 2.64 bits per heavy atom. The molecule has 0 bridgehead atoms. The van der Waals surface area contributed by atoms with E-state index in [1.54, 1.807) is 20.9 Å². The average molecular weight is 576 g/mol. The molecule has 1 aliphatic heterocycles. The van der Waals surface area contributed by atoms with E-state index in [1.807, 2.05) is 0 Å². The molecule has 0 spiro atoms. The van der Waals surface area contributed by atoms with Gasteiger partial charge in [0, 0.05) is 44.9 Å². The number of benzene rings is 1. The first kappa shape index (κ1) is 30.4. The molecule has 2 aromatic rings. The molecule has 0 aliphatic carbocycles. The zero-order valence-electron chi connectivity index (χ0n) is 22.0. The van der Waals surface area contributed by atoms with Crippen molar-refractivity contribution in [2.45, 2.75) is 50.0 Å². The number of aryl methyl sites for hydroxylation is 1. The summed E-state index contributed by atoms with van der Waals surface area (Å²) in [7, 11) is -0.917. The maximum Gasteiger partial charge on any atom is 0.389 e. The summed E-state index contributed by atoms with van der Waals surface area (Å²) < 4.78 is 72.3. The highest BCUT2D eigenvalue weighted by molar-refractivity contribution is 7.89. The van der Waals surface area contributed by atoms with Crippen LogP contribution in [-0.4, -0.2) is 89.2 Å². The van der Waals surface area contributed by atoms with Gasteiger partial charge in [0.25, 0.3) is 15.9 Å². The number of nitrogens with one attached hydrogen (secondary N) is 1. The summed E-state index contributed by atoms with van der Waals surface area (Å²) in [5, 5.41) is 12.0. The Morgan fingerprint density at radius 1 is 1.36 bits per heavy atom. The van der Waals surface area contributed by atoms with Gasteiger partial charge in [-0.05, 0) is 25.1 Å². The molecule has 2 amide bonds. The fourth-order valence-corrected chi connectivity index (χ4v) is 5.17. The van der Waals surface area contributed by atoms with Crippen LogP contribution in [-0.2, 0) is 21.9 Å². The van der Waals surface area contributed by atoms with Crippen molar-refractivity contribution in [2.75, 3.05) is 32.1 Å². The minimum Gasteiger partial charge on any atom is -0.488 e. The Balaban J connectivity index is 1.91. The van der Waals surface area contributed by atoms with Gasteiger partial charge in [-0.2, -0.15) is 17.5 Å². The number of carbonyl (C=O) groups is 2. The van der Waals surface area contributed by atoms with E-state index in [1.165, 1.54) is 47.2 Å². The van der Waals surface area contributed by atoms with Crippen molar-refractivity contribution < 1.29 is 41.0 Å². The number of nitrogens with zero attached hydrogens (tertiary/aromatic N) is 4. The molecule has 0 unspecified atom stereocenters. The number of fused-ring (bicyclic) bond motifs is 1. The first-order chi connectivity index (χ1) is 18.1. The summed E-state index contributed by atoms with van der Waals surface area (Å²) in [6, 6.07) is 3.47. The van der Waals surface area contributed by atoms with Crippen molar-refractivity contribution in [1.29, 1.82) is 0 Å². The van der Waals surface area contributed by atoms with Gasteiger partial charge in [-0.3, -0.25) is 9.59 Å². The topological polar surface area (TPSA) is 134 Å².